The second kappa shape index (κ2) is 8.54. The lowest BCUT2D eigenvalue weighted by Gasteiger charge is -2.28. The average molecular weight is 393 g/mol. The fourth-order valence-corrected chi connectivity index (χ4v) is 4.10. The number of hydrogen-bond donors (Lipinski definition) is 2. The normalized spacial score (nSPS) is 15.4. The Kier molecular flexibility index (Phi) is 5.69. The van der Waals surface area contributed by atoms with Crippen LogP contribution in [0.3, 0.4) is 0 Å². The number of nitrogens with one attached hydrogen (secondary N) is 2. The summed E-state index contributed by atoms with van der Waals surface area (Å²) in [5.74, 6) is -0.128. The van der Waals surface area contributed by atoms with Gasteiger partial charge in [0.25, 0.3) is 5.91 Å². The highest BCUT2D eigenvalue weighted by molar-refractivity contribution is 7.71. The largest absolute Gasteiger partial charge is 0.349 e. The molecule has 0 bridgehead atoms. The second-order valence-corrected chi connectivity index (χ2v) is 7.42. The number of carbonyl (C=O) groups is 1. The van der Waals surface area contributed by atoms with E-state index >= 15 is 0 Å². The number of imidazole rings is 1. The Balaban J connectivity index is 1.54. The summed E-state index contributed by atoms with van der Waals surface area (Å²) in [6, 6.07) is 20.3. The summed E-state index contributed by atoms with van der Waals surface area (Å²) in [5, 5.41) is 3.13. The van der Waals surface area contributed by atoms with Crippen molar-refractivity contribution in [1.82, 2.24) is 19.8 Å². The predicted octanol–water partition coefficient (Wildman–Crippen LogP) is 4.10. The smallest absolute Gasteiger partial charge is 0.269 e. The molecule has 4 rings (SSSR count). The van der Waals surface area contributed by atoms with Gasteiger partial charge < -0.3 is 10.3 Å². The van der Waals surface area contributed by atoms with Gasteiger partial charge in [-0.3, -0.25) is 14.3 Å². The number of para-hydroxylation sites is 1. The van der Waals surface area contributed by atoms with E-state index in [2.05, 4.69) is 39.5 Å². The standard InChI is InChI=1S/C22H24N4OS/c27-21(20-16-24-22(28)26(20)18-11-5-2-6-12-18)23-15-19(25-13-7-8-14-25)17-9-3-1-4-10-17/h1-6,9-12,16,19H,7-8,13-15H2,(H,23,27)(H,24,28)/t19-/m1/s1. The summed E-state index contributed by atoms with van der Waals surface area (Å²) >= 11 is 5.39. The number of rotatable bonds is 6. The number of nitrogens with zero attached hydrogens (tertiary/aromatic N) is 2. The molecular weight excluding hydrogens is 368 g/mol. The van der Waals surface area contributed by atoms with Gasteiger partial charge in [0, 0.05) is 18.4 Å². The maximum Gasteiger partial charge on any atom is 0.269 e. The second-order valence-electron chi connectivity index (χ2n) is 7.03. The molecule has 0 radical (unpaired) electrons. The first kappa shape index (κ1) is 18.7. The van der Waals surface area contributed by atoms with Gasteiger partial charge in [0.05, 0.1) is 6.04 Å². The first-order valence-electron chi connectivity index (χ1n) is 9.67. The molecule has 2 aromatic carbocycles. The highest BCUT2D eigenvalue weighted by atomic mass is 32.1. The van der Waals surface area contributed by atoms with Crippen LogP contribution in [0.5, 0.6) is 0 Å². The van der Waals surface area contributed by atoms with E-state index < -0.39 is 0 Å². The summed E-state index contributed by atoms with van der Waals surface area (Å²) < 4.78 is 2.29. The Morgan fingerprint density at radius 3 is 2.36 bits per heavy atom. The lowest BCUT2D eigenvalue weighted by Crippen LogP contribution is -2.37. The van der Waals surface area contributed by atoms with Crippen molar-refractivity contribution in [3.05, 3.63) is 82.9 Å². The molecular formula is C22H24N4OS. The van der Waals surface area contributed by atoms with Crippen molar-refractivity contribution in [2.75, 3.05) is 19.6 Å². The molecule has 0 aliphatic carbocycles. The Hall–Kier alpha value is -2.70. The molecule has 1 aliphatic heterocycles. The van der Waals surface area contributed by atoms with Crippen LogP contribution >= 0.6 is 12.2 Å². The average Bonchev–Trinajstić information content (AvgIpc) is 3.39. The molecule has 1 aromatic heterocycles. The molecule has 1 amide bonds. The highest BCUT2D eigenvalue weighted by Gasteiger charge is 2.24. The molecule has 0 unspecified atom stereocenters. The maximum atomic E-state index is 13.0. The Labute approximate surface area is 170 Å². The van der Waals surface area contributed by atoms with E-state index in [0.29, 0.717) is 17.0 Å². The first-order chi connectivity index (χ1) is 13.7. The number of likely N-dealkylation sites (tertiary alicyclic amines) is 1. The van der Waals surface area contributed by atoms with E-state index in [4.69, 9.17) is 12.2 Å². The molecule has 1 aliphatic rings. The van der Waals surface area contributed by atoms with E-state index in [1.165, 1.54) is 18.4 Å². The van der Waals surface area contributed by atoms with Gasteiger partial charge in [0.1, 0.15) is 5.69 Å². The van der Waals surface area contributed by atoms with Crippen LogP contribution in [0.15, 0.2) is 66.9 Å². The Morgan fingerprint density at radius 2 is 1.68 bits per heavy atom. The third-order valence-electron chi connectivity index (χ3n) is 5.25. The van der Waals surface area contributed by atoms with Gasteiger partial charge in [-0.25, -0.2) is 0 Å². The van der Waals surface area contributed by atoms with Crippen LogP contribution in [-0.2, 0) is 0 Å². The number of hydrogen-bond acceptors (Lipinski definition) is 3. The Bertz CT molecular complexity index is 975. The molecule has 0 saturated carbocycles. The fraction of sp³-hybridized carbons (Fsp3) is 0.273. The van der Waals surface area contributed by atoms with Crippen molar-refractivity contribution in [3.63, 3.8) is 0 Å². The summed E-state index contributed by atoms with van der Waals surface area (Å²) in [6.07, 6.45) is 4.10. The zero-order valence-electron chi connectivity index (χ0n) is 15.7. The van der Waals surface area contributed by atoms with Crippen LogP contribution in [-0.4, -0.2) is 40.0 Å². The van der Waals surface area contributed by atoms with Gasteiger partial charge in [0.15, 0.2) is 4.77 Å². The summed E-state index contributed by atoms with van der Waals surface area (Å²) in [7, 11) is 0. The zero-order chi connectivity index (χ0) is 19.3. The van der Waals surface area contributed by atoms with Gasteiger partial charge >= 0.3 is 0 Å². The lowest BCUT2D eigenvalue weighted by atomic mass is 10.1. The summed E-state index contributed by atoms with van der Waals surface area (Å²) in [6.45, 7) is 2.70. The van der Waals surface area contributed by atoms with E-state index in [0.717, 1.165) is 18.8 Å². The monoisotopic (exact) mass is 392 g/mol. The minimum Gasteiger partial charge on any atom is -0.349 e. The molecule has 144 valence electrons. The van der Waals surface area contributed by atoms with E-state index in [1.807, 2.05) is 36.4 Å². The molecule has 1 fully saturated rings. The third kappa shape index (κ3) is 3.93. The SMILES string of the molecule is O=C(NC[C@H](c1ccccc1)N1CCCC1)c1c[nH]c(=S)n1-c1ccccc1. The molecule has 1 saturated heterocycles. The van der Waals surface area contributed by atoms with Gasteiger partial charge in [-0.2, -0.15) is 0 Å². The van der Waals surface area contributed by atoms with Crippen molar-refractivity contribution >= 4 is 18.1 Å². The first-order valence-corrected chi connectivity index (χ1v) is 10.1. The van der Waals surface area contributed by atoms with Crippen LogP contribution < -0.4 is 5.32 Å². The van der Waals surface area contributed by atoms with E-state index in [1.54, 1.807) is 10.8 Å². The molecule has 0 spiro atoms. The van der Waals surface area contributed by atoms with Crippen molar-refractivity contribution < 1.29 is 4.79 Å². The zero-order valence-corrected chi connectivity index (χ0v) is 16.5. The van der Waals surface area contributed by atoms with Crippen molar-refractivity contribution in [3.8, 4) is 5.69 Å². The topological polar surface area (TPSA) is 53.1 Å². The summed E-state index contributed by atoms with van der Waals surface area (Å²) in [5.41, 5.74) is 2.63. The molecule has 1 atom stereocenters. The fourth-order valence-electron chi connectivity index (χ4n) is 3.84. The van der Waals surface area contributed by atoms with E-state index in [9.17, 15) is 4.79 Å². The molecule has 6 heteroatoms. The number of carbonyl (C=O) groups excluding carboxylic acids is 1. The number of aromatic nitrogens is 2. The Morgan fingerprint density at radius 1 is 1.04 bits per heavy atom. The minimum atomic E-state index is -0.128. The quantitative estimate of drug-likeness (QED) is 0.621. The lowest BCUT2D eigenvalue weighted by molar-refractivity contribution is 0.0931. The number of H-pyrrole nitrogens is 1. The molecule has 5 nitrogen and oxygen atoms in total. The van der Waals surface area contributed by atoms with Crippen LogP contribution in [0.1, 0.15) is 34.9 Å². The van der Waals surface area contributed by atoms with Crippen LogP contribution in [0.25, 0.3) is 5.69 Å². The minimum absolute atomic E-state index is 0.128. The van der Waals surface area contributed by atoms with Gasteiger partial charge in [-0.1, -0.05) is 48.5 Å². The van der Waals surface area contributed by atoms with Crippen LogP contribution in [0.4, 0.5) is 0 Å². The van der Waals surface area contributed by atoms with Gasteiger partial charge in [-0.05, 0) is 55.8 Å². The molecule has 2 heterocycles. The highest BCUT2D eigenvalue weighted by Crippen LogP contribution is 2.24. The molecule has 3 aromatic rings. The maximum absolute atomic E-state index is 13.0. The van der Waals surface area contributed by atoms with Crippen LogP contribution in [0, 0.1) is 4.77 Å². The van der Waals surface area contributed by atoms with E-state index in [-0.39, 0.29) is 11.9 Å². The van der Waals surface area contributed by atoms with Crippen molar-refractivity contribution in [2.45, 2.75) is 18.9 Å². The summed E-state index contributed by atoms with van der Waals surface area (Å²) in [4.78, 5) is 18.4. The molecule has 2 N–H and O–H groups in total. The van der Waals surface area contributed by atoms with Gasteiger partial charge in [-0.15, -0.1) is 0 Å². The predicted molar refractivity (Wildman–Crippen MR) is 113 cm³/mol. The van der Waals surface area contributed by atoms with Gasteiger partial charge in [0.2, 0.25) is 0 Å². The third-order valence-corrected chi connectivity index (χ3v) is 5.55. The van der Waals surface area contributed by atoms with Crippen molar-refractivity contribution in [1.29, 1.82) is 0 Å². The number of benzene rings is 2. The number of amides is 1. The number of aromatic amines is 1. The van der Waals surface area contributed by atoms with Crippen LogP contribution in [0.2, 0.25) is 0 Å². The molecule has 28 heavy (non-hydrogen) atoms. The van der Waals surface area contributed by atoms with Crippen molar-refractivity contribution in [2.24, 2.45) is 0 Å².